The maximum atomic E-state index is 11.6. The first-order valence-electron chi connectivity index (χ1n) is 5.43. The van der Waals surface area contributed by atoms with Crippen molar-refractivity contribution in [3.05, 3.63) is 55.8 Å². The van der Waals surface area contributed by atoms with Crippen molar-refractivity contribution in [2.24, 2.45) is 0 Å². The molecule has 0 saturated carbocycles. The van der Waals surface area contributed by atoms with Crippen LogP contribution in [0.4, 0.5) is 5.69 Å². The van der Waals surface area contributed by atoms with E-state index in [-0.39, 0.29) is 11.6 Å². The second-order valence-electron chi connectivity index (χ2n) is 3.94. The average molecular weight is 282 g/mol. The number of hydrogen-bond acceptors (Lipinski definition) is 4. The van der Waals surface area contributed by atoms with E-state index in [2.05, 4.69) is 4.98 Å². The molecule has 100 valence electrons. The summed E-state index contributed by atoms with van der Waals surface area (Å²) < 4.78 is 6.48. The molecule has 1 heterocycles. The van der Waals surface area contributed by atoms with Crippen LogP contribution in [0.1, 0.15) is 5.56 Å². The lowest BCUT2D eigenvalue weighted by atomic mass is 10.2. The summed E-state index contributed by atoms with van der Waals surface area (Å²) in [7, 11) is 1.51. The number of nitrogens with two attached hydrogens (primary N) is 1. The third kappa shape index (κ3) is 2.79. The number of methoxy groups -OCH3 is 1. The Morgan fingerprint density at radius 3 is 2.84 bits per heavy atom. The molecule has 0 saturated heterocycles. The molecule has 0 unspecified atom stereocenters. The minimum absolute atomic E-state index is 0.0472. The first-order valence-corrected chi connectivity index (χ1v) is 5.80. The van der Waals surface area contributed by atoms with Crippen LogP contribution in [0.15, 0.2) is 34.0 Å². The molecule has 2 aromatic rings. The van der Waals surface area contributed by atoms with E-state index in [0.29, 0.717) is 11.4 Å². The number of benzene rings is 1. The lowest BCUT2D eigenvalue weighted by Crippen LogP contribution is -2.30. The topological polar surface area (TPSA) is 90.1 Å². The van der Waals surface area contributed by atoms with E-state index in [1.807, 2.05) is 0 Å². The number of halogens is 1. The monoisotopic (exact) mass is 281 g/mol. The van der Waals surface area contributed by atoms with Crippen LogP contribution in [0, 0.1) is 0 Å². The molecule has 6 nitrogen and oxygen atoms in total. The van der Waals surface area contributed by atoms with Crippen LogP contribution in [0.25, 0.3) is 0 Å². The standard InChI is InChI=1S/C12H12ClN3O3/c1-19-10-4-8(14)3-2-7(10)5-16-6-9(13)11(17)15-12(16)18/h2-4,6H,5,14H2,1H3,(H,15,17,18). The van der Waals surface area contributed by atoms with Crippen molar-refractivity contribution in [3.63, 3.8) is 0 Å². The maximum absolute atomic E-state index is 11.6. The third-order valence-corrected chi connectivity index (χ3v) is 2.89. The SMILES string of the molecule is COc1cc(N)ccc1Cn1cc(Cl)c(=O)[nH]c1=O. The van der Waals surface area contributed by atoms with Crippen molar-refractivity contribution in [2.45, 2.75) is 6.54 Å². The third-order valence-electron chi connectivity index (χ3n) is 2.62. The molecule has 1 aromatic heterocycles. The van der Waals surface area contributed by atoms with Gasteiger partial charge in [0.1, 0.15) is 10.8 Å². The lowest BCUT2D eigenvalue weighted by molar-refractivity contribution is 0.408. The molecule has 0 aliphatic rings. The summed E-state index contributed by atoms with van der Waals surface area (Å²) in [5.74, 6) is 0.564. The summed E-state index contributed by atoms with van der Waals surface area (Å²) in [6, 6.07) is 5.11. The number of nitrogens with one attached hydrogen (secondary N) is 1. The van der Waals surface area contributed by atoms with Crippen molar-refractivity contribution in [1.82, 2.24) is 9.55 Å². The van der Waals surface area contributed by atoms with Gasteiger partial charge in [-0.3, -0.25) is 14.3 Å². The predicted octanol–water partition coefficient (Wildman–Crippen LogP) is 0.829. The Morgan fingerprint density at radius 1 is 1.42 bits per heavy atom. The summed E-state index contributed by atoms with van der Waals surface area (Å²) in [6.07, 6.45) is 1.29. The maximum Gasteiger partial charge on any atom is 0.328 e. The van der Waals surface area contributed by atoms with Gasteiger partial charge in [-0.15, -0.1) is 0 Å². The Labute approximate surface area is 113 Å². The largest absolute Gasteiger partial charge is 0.496 e. The van der Waals surface area contributed by atoms with Crippen LogP contribution in [0.3, 0.4) is 0 Å². The summed E-state index contributed by atoms with van der Waals surface area (Å²) in [4.78, 5) is 24.9. The smallest absolute Gasteiger partial charge is 0.328 e. The molecule has 0 aliphatic carbocycles. The van der Waals surface area contributed by atoms with Gasteiger partial charge >= 0.3 is 5.69 Å². The van der Waals surface area contributed by atoms with Gasteiger partial charge in [0.15, 0.2) is 0 Å². The number of rotatable bonds is 3. The zero-order chi connectivity index (χ0) is 14.0. The molecular weight excluding hydrogens is 270 g/mol. The van der Waals surface area contributed by atoms with Gasteiger partial charge in [-0.1, -0.05) is 17.7 Å². The average Bonchev–Trinajstić information content (AvgIpc) is 2.37. The van der Waals surface area contributed by atoms with Crippen molar-refractivity contribution < 1.29 is 4.74 Å². The number of aromatic nitrogens is 2. The Kier molecular flexibility index (Phi) is 3.62. The lowest BCUT2D eigenvalue weighted by Gasteiger charge is -2.10. The van der Waals surface area contributed by atoms with Crippen molar-refractivity contribution in [1.29, 1.82) is 0 Å². The highest BCUT2D eigenvalue weighted by Gasteiger charge is 2.07. The molecule has 0 aliphatic heterocycles. The zero-order valence-corrected chi connectivity index (χ0v) is 10.9. The van der Waals surface area contributed by atoms with E-state index in [1.54, 1.807) is 18.2 Å². The van der Waals surface area contributed by atoms with Gasteiger partial charge in [0.2, 0.25) is 0 Å². The van der Waals surface area contributed by atoms with E-state index in [4.69, 9.17) is 22.1 Å². The summed E-state index contributed by atoms with van der Waals surface area (Å²) in [5, 5.41) is -0.0472. The first-order chi connectivity index (χ1) is 9.01. The molecular formula is C12H12ClN3O3. The minimum atomic E-state index is -0.604. The number of hydrogen-bond donors (Lipinski definition) is 2. The molecule has 0 radical (unpaired) electrons. The molecule has 0 atom stereocenters. The van der Waals surface area contributed by atoms with E-state index >= 15 is 0 Å². The Morgan fingerprint density at radius 2 is 2.16 bits per heavy atom. The number of H-pyrrole nitrogens is 1. The highest BCUT2D eigenvalue weighted by molar-refractivity contribution is 6.30. The molecule has 19 heavy (non-hydrogen) atoms. The fraction of sp³-hybridized carbons (Fsp3) is 0.167. The summed E-state index contributed by atoms with van der Waals surface area (Å²) >= 11 is 5.70. The number of nitrogens with zero attached hydrogens (tertiary/aromatic N) is 1. The molecule has 3 N–H and O–H groups in total. The van der Waals surface area contributed by atoms with Gasteiger partial charge in [0.05, 0.1) is 13.7 Å². The normalized spacial score (nSPS) is 10.4. The number of ether oxygens (including phenoxy) is 1. The number of anilines is 1. The van der Waals surface area contributed by atoms with Crippen LogP contribution in [0.2, 0.25) is 5.02 Å². The molecule has 0 spiro atoms. The number of nitrogen functional groups attached to an aromatic ring is 1. The quantitative estimate of drug-likeness (QED) is 0.816. The van der Waals surface area contributed by atoms with Crippen LogP contribution >= 0.6 is 11.6 Å². The number of aromatic amines is 1. The molecule has 7 heteroatoms. The van der Waals surface area contributed by atoms with Crippen LogP contribution in [-0.4, -0.2) is 16.7 Å². The fourth-order valence-corrected chi connectivity index (χ4v) is 1.84. The summed E-state index contributed by atoms with van der Waals surface area (Å²) in [5.41, 5.74) is 5.83. The second-order valence-corrected chi connectivity index (χ2v) is 4.34. The van der Waals surface area contributed by atoms with Crippen molar-refractivity contribution in [2.75, 3.05) is 12.8 Å². The van der Waals surface area contributed by atoms with Crippen LogP contribution in [0.5, 0.6) is 5.75 Å². The minimum Gasteiger partial charge on any atom is -0.496 e. The molecule has 0 bridgehead atoms. The van der Waals surface area contributed by atoms with Gasteiger partial charge in [0.25, 0.3) is 5.56 Å². The Balaban J connectivity index is 2.44. The zero-order valence-electron chi connectivity index (χ0n) is 10.1. The summed E-state index contributed by atoms with van der Waals surface area (Å²) in [6.45, 7) is 0.221. The Bertz CT molecular complexity index is 721. The van der Waals surface area contributed by atoms with Gasteiger partial charge in [-0.25, -0.2) is 4.79 Å². The highest BCUT2D eigenvalue weighted by atomic mass is 35.5. The molecule has 0 fully saturated rings. The predicted molar refractivity (Wildman–Crippen MR) is 72.8 cm³/mol. The van der Waals surface area contributed by atoms with Gasteiger partial charge in [-0.05, 0) is 6.07 Å². The van der Waals surface area contributed by atoms with E-state index < -0.39 is 11.2 Å². The highest BCUT2D eigenvalue weighted by Crippen LogP contribution is 2.22. The molecule has 0 amide bonds. The van der Waals surface area contributed by atoms with E-state index in [1.165, 1.54) is 17.9 Å². The van der Waals surface area contributed by atoms with Gasteiger partial charge in [-0.2, -0.15) is 0 Å². The van der Waals surface area contributed by atoms with Crippen LogP contribution in [-0.2, 0) is 6.54 Å². The first kappa shape index (κ1) is 13.2. The van der Waals surface area contributed by atoms with E-state index in [0.717, 1.165) is 5.56 Å². The molecule has 2 rings (SSSR count). The van der Waals surface area contributed by atoms with E-state index in [9.17, 15) is 9.59 Å². The fourth-order valence-electron chi connectivity index (χ4n) is 1.68. The molecule has 1 aromatic carbocycles. The van der Waals surface area contributed by atoms with Crippen molar-refractivity contribution >= 4 is 17.3 Å². The Hall–Kier alpha value is -2.21. The van der Waals surface area contributed by atoms with Crippen molar-refractivity contribution in [3.8, 4) is 5.75 Å². The van der Waals surface area contributed by atoms with Gasteiger partial charge < -0.3 is 10.5 Å². The van der Waals surface area contributed by atoms with Crippen LogP contribution < -0.4 is 21.7 Å². The second kappa shape index (κ2) is 5.19. The van der Waals surface area contributed by atoms with Gasteiger partial charge in [0, 0.05) is 23.5 Å².